The standard InChI is InChI=1S/C30H20N4/c1-3-7-21(8-4-1)23-11-27(25-15-31-19-32-16-25)30-14-24(22-9-5-2-6-10-22)12-28(29(30)13-23)26-17-33-20-34-18-26/h1-20H. The molecule has 0 saturated carbocycles. The average molecular weight is 437 g/mol. The molecule has 0 spiro atoms. The Hall–Kier alpha value is -4.70. The minimum absolute atomic E-state index is 0.978. The molecule has 4 nitrogen and oxygen atoms in total. The lowest BCUT2D eigenvalue weighted by Gasteiger charge is -2.16. The highest BCUT2D eigenvalue weighted by molar-refractivity contribution is 6.08. The Kier molecular flexibility index (Phi) is 5.09. The Balaban J connectivity index is 1.73. The molecule has 6 aromatic rings. The van der Waals surface area contributed by atoms with Gasteiger partial charge in [-0.2, -0.15) is 0 Å². The van der Waals surface area contributed by atoms with Gasteiger partial charge in [0.25, 0.3) is 0 Å². The summed E-state index contributed by atoms with van der Waals surface area (Å²) in [5, 5.41) is 2.27. The molecule has 0 unspecified atom stereocenters. The van der Waals surface area contributed by atoms with Crippen LogP contribution in [0.1, 0.15) is 0 Å². The molecule has 0 N–H and O–H groups in total. The maximum absolute atomic E-state index is 4.30. The van der Waals surface area contributed by atoms with Crippen molar-refractivity contribution in [3.05, 3.63) is 122 Å². The summed E-state index contributed by atoms with van der Waals surface area (Å²) in [6.45, 7) is 0. The highest BCUT2D eigenvalue weighted by atomic mass is 14.8. The molecule has 160 valence electrons. The molecular weight excluding hydrogens is 416 g/mol. The summed E-state index contributed by atoms with van der Waals surface area (Å²) in [6, 6.07) is 29.9. The smallest absolute Gasteiger partial charge is 0.115 e. The normalized spacial score (nSPS) is 10.9. The van der Waals surface area contributed by atoms with Gasteiger partial charge in [-0.3, -0.25) is 0 Å². The van der Waals surface area contributed by atoms with Gasteiger partial charge in [-0.25, -0.2) is 19.9 Å². The molecule has 4 aromatic carbocycles. The largest absolute Gasteiger partial charge is 0.244 e. The minimum Gasteiger partial charge on any atom is -0.244 e. The molecule has 0 atom stereocenters. The van der Waals surface area contributed by atoms with Crippen molar-refractivity contribution in [3.8, 4) is 44.5 Å². The summed E-state index contributed by atoms with van der Waals surface area (Å²) in [5.74, 6) is 0. The van der Waals surface area contributed by atoms with E-state index in [0.717, 1.165) is 55.3 Å². The molecule has 2 aromatic heterocycles. The van der Waals surface area contributed by atoms with Crippen LogP contribution in [0, 0.1) is 0 Å². The Labute approximate surface area is 197 Å². The van der Waals surface area contributed by atoms with E-state index in [2.05, 4.69) is 92.7 Å². The average Bonchev–Trinajstić information content (AvgIpc) is 2.94. The number of hydrogen-bond donors (Lipinski definition) is 0. The first-order valence-corrected chi connectivity index (χ1v) is 11.1. The summed E-state index contributed by atoms with van der Waals surface area (Å²) in [5.41, 5.74) is 8.72. The van der Waals surface area contributed by atoms with Gasteiger partial charge in [0, 0.05) is 35.9 Å². The van der Waals surface area contributed by atoms with Crippen LogP contribution >= 0.6 is 0 Å². The van der Waals surface area contributed by atoms with E-state index in [1.54, 1.807) is 12.7 Å². The van der Waals surface area contributed by atoms with Crippen LogP contribution in [0.4, 0.5) is 0 Å². The lowest BCUT2D eigenvalue weighted by Crippen LogP contribution is -1.92. The predicted octanol–water partition coefficient (Wildman–Crippen LogP) is 7.09. The lowest BCUT2D eigenvalue weighted by atomic mass is 9.88. The Morgan fingerprint density at radius 3 is 1.12 bits per heavy atom. The van der Waals surface area contributed by atoms with Crippen molar-refractivity contribution in [3.63, 3.8) is 0 Å². The predicted molar refractivity (Wildman–Crippen MR) is 137 cm³/mol. The van der Waals surface area contributed by atoms with Crippen LogP contribution in [-0.2, 0) is 0 Å². The van der Waals surface area contributed by atoms with Gasteiger partial charge in [-0.1, -0.05) is 60.7 Å². The van der Waals surface area contributed by atoms with Gasteiger partial charge in [-0.05, 0) is 68.4 Å². The Morgan fingerprint density at radius 2 is 0.735 bits per heavy atom. The van der Waals surface area contributed by atoms with E-state index in [1.807, 2.05) is 36.9 Å². The van der Waals surface area contributed by atoms with Crippen molar-refractivity contribution < 1.29 is 0 Å². The summed E-state index contributed by atoms with van der Waals surface area (Å²) in [7, 11) is 0. The summed E-state index contributed by atoms with van der Waals surface area (Å²) >= 11 is 0. The van der Waals surface area contributed by atoms with Crippen LogP contribution in [0.5, 0.6) is 0 Å². The topological polar surface area (TPSA) is 51.6 Å². The van der Waals surface area contributed by atoms with Gasteiger partial charge in [-0.15, -0.1) is 0 Å². The van der Waals surface area contributed by atoms with E-state index in [1.165, 1.54) is 0 Å². The molecule has 2 heterocycles. The van der Waals surface area contributed by atoms with Crippen molar-refractivity contribution in [2.45, 2.75) is 0 Å². The van der Waals surface area contributed by atoms with E-state index in [0.29, 0.717) is 0 Å². The fourth-order valence-electron chi connectivity index (χ4n) is 4.41. The van der Waals surface area contributed by atoms with E-state index in [9.17, 15) is 0 Å². The van der Waals surface area contributed by atoms with E-state index < -0.39 is 0 Å². The van der Waals surface area contributed by atoms with Crippen LogP contribution in [0.2, 0.25) is 0 Å². The van der Waals surface area contributed by atoms with Gasteiger partial charge in [0.05, 0.1) is 0 Å². The second-order valence-corrected chi connectivity index (χ2v) is 8.13. The number of nitrogens with zero attached hydrogens (tertiary/aromatic N) is 4. The summed E-state index contributed by atoms with van der Waals surface area (Å²) in [4.78, 5) is 17.2. The minimum atomic E-state index is 0.978. The number of aromatic nitrogens is 4. The second-order valence-electron chi connectivity index (χ2n) is 8.13. The summed E-state index contributed by atoms with van der Waals surface area (Å²) in [6.07, 6.45) is 10.6. The van der Waals surface area contributed by atoms with E-state index >= 15 is 0 Å². The molecule has 0 aliphatic carbocycles. The molecule has 0 radical (unpaired) electrons. The van der Waals surface area contributed by atoms with Crippen molar-refractivity contribution >= 4 is 10.8 Å². The van der Waals surface area contributed by atoms with Crippen LogP contribution in [0.15, 0.2) is 122 Å². The van der Waals surface area contributed by atoms with Gasteiger partial charge < -0.3 is 0 Å². The van der Waals surface area contributed by atoms with Gasteiger partial charge in [0.1, 0.15) is 12.7 Å². The Morgan fingerprint density at radius 1 is 0.353 bits per heavy atom. The van der Waals surface area contributed by atoms with Crippen LogP contribution in [0.3, 0.4) is 0 Å². The zero-order chi connectivity index (χ0) is 22.7. The molecule has 0 fully saturated rings. The molecule has 0 aliphatic rings. The number of hydrogen-bond acceptors (Lipinski definition) is 4. The fraction of sp³-hybridized carbons (Fsp3) is 0. The van der Waals surface area contributed by atoms with Crippen LogP contribution in [0.25, 0.3) is 55.3 Å². The zero-order valence-corrected chi connectivity index (χ0v) is 18.3. The molecule has 0 saturated heterocycles. The van der Waals surface area contributed by atoms with E-state index in [4.69, 9.17) is 0 Å². The van der Waals surface area contributed by atoms with E-state index in [-0.39, 0.29) is 0 Å². The number of rotatable bonds is 4. The third-order valence-corrected chi connectivity index (χ3v) is 6.03. The first-order chi connectivity index (χ1) is 16.9. The molecule has 0 aliphatic heterocycles. The van der Waals surface area contributed by atoms with Crippen LogP contribution < -0.4 is 0 Å². The number of fused-ring (bicyclic) bond motifs is 1. The number of benzene rings is 4. The van der Waals surface area contributed by atoms with Gasteiger partial charge in [0.15, 0.2) is 0 Å². The Bertz CT molecular complexity index is 1440. The first kappa shape index (κ1) is 19.9. The third kappa shape index (κ3) is 3.71. The second kappa shape index (κ2) is 8.68. The van der Waals surface area contributed by atoms with Gasteiger partial charge >= 0.3 is 0 Å². The quantitative estimate of drug-likeness (QED) is 0.296. The molecule has 0 amide bonds. The van der Waals surface area contributed by atoms with Crippen molar-refractivity contribution in [1.82, 2.24) is 19.9 Å². The molecule has 0 bridgehead atoms. The molecule has 6 rings (SSSR count). The zero-order valence-electron chi connectivity index (χ0n) is 18.3. The van der Waals surface area contributed by atoms with Gasteiger partial charge in [0.2, 0.25) is 0 Å². The van der Waals surface area contributed by atoms with Crippen LogP contribution in [-0.4, -0.2) is 19.9 Å². The highest BCUT2D eigenvalue weighted by Crippen LogP contribution is 2.41. The summed E-state index contributed by atoms with van der Waals surface area (Å²) < 4.78 is 0. The third-order valence-electron chi connectivity index (χ3n) is 6.03. The maximum atomic E-state index is 4.30. The van der Waals surface area contributed by atoms with Crippen molar-refractivity contribution in [2.24, 2.45) is 0 Å². The maximum Gasteiger partial charge on any atom is 0.115 e. The fourth-order valence-corrected chi connectivity index (χ4v) is 4.41. The first-order valence-electron chi connectivity index (χ1n) is 11.1. The van der Waals surface area contributed by atoms with Crippen molar-refractivity contribution in [1.29, 1.82) is 0 Å². The molecule has 4 heteroatoms. The molecular formula is C30H20N4. The SMILES string of the molecule is c1ccc(-c2cc(-c3cncnc3)c3cc(-c4ccccc4)cc(-c4cncnc4)c3c2)cc1. The highest BCUT2D eigenvalue weighted by Gasteiger charge is 2.15. The monoisotopic (exact) mass is 436 g/mol. The molecule has 34 heavy (non-hydrogen) atoms. The lowest BCUT2D eigenvalue weighted by molar-refractivity contribution is 1.17. The van der Waals surface area contributed by atoms with Crippen molar-refractivity contribution in [2.75, 3.05) is 0 Å².